The van der Waals surface area contributed by atoms with Crippen LogP contribution < -0.4 is 10.5 Å². The van der Waals surface area contributed by atoms with E-state index in [2.05, 4.69) is 0 Å². The fourth-order valence-corrected chi connectivity index (χ4v) is 1.83. The van der Waals surface area contributed by atoms with Crippen LogP contribution in [0, 0.1) is 0 Å². The van der Waals surface area contributed by atoms with Crippen LogP contribution >= 0.6 is 0 Å². The number of aliphatic hydroxyl groups is 1. The topological polar surface area (TPSA) is 55.5 Å². The van der Waals surface area contributed by atoms with E-state index in [1.54, 1.807) is 0 Å². The van der Waals surface area contributed by atoms with E-state index in [9.17, 15) is 0 Å². The van der Waals surface area contributed by atoms with Crippen molar-refractivity contribution in [3.05, 3.63) is 65.7 Å². The first kappa shape index (κ1) is 13.6. The standard InChI is InChI=1S/C16H19NO2/c17-15(11-18)10-13-6-8-16(9-7-13)19-12-14-4-2-1-3-5-14/h1-9,15,18H,10-12,17H2/t15-/m1/s1. The number of benzene rings is 2. The molecule has 3 N–H and O–H groups in total. The molecular formula is C16H19NO2. The predicted molar refractivity (Wildman–Crippen MR) is 76.0 cm³/mol. The highest BCUT2D eigenvalue weighted by Crippen LogP contribution is 2.15. The van der Waals surface area contributed by atoms with Crippen molar-refractivity contribution in [2.45, 2.75) is 19.1 Å². The van der Waals surface area contributed by atoms with Crippen LogP contribution in [-0.4, -0.2) is 17.8 Å². The summed E-state index contributed by atoms with van der Waals surface area (Å²) in [6.45, 7) is 0.572. The van der Waals surface area contributed by atoms with Crippen molar-refractivity contribution in [1.29, 1.82) is 0 Å². The summed E-state index contributed by atoms with van der Waals surface area (Å²) < 4.78 is 5.70. The van der Waals surface area contributed by atoms with Crippen LogP contribution in [0.3, 0.4) is 0 Å². The molecule has 0 fully saturated rings. The largest absolute Gasteiger partial charge is 0.489 e. The molecular weight excluding hydrogens is 238 g/mol. The van der Waals surface area contributed by atoms with Gasteiger partial charge in [-0.1, -0.05) is 42.5 Å². The van der Waals surface area contributed by atoms with Gasteiger partial charge < -0.3 is 15.6 Å². The first-order valence-corrected chi connectivity index (χ1v) is 6.40. The molecule has 0 spiro atoms. The van der Waals surface area contributed by atoms with Crippen LogP contribution in [0.2, 0.25) is 0 Å². The molecule has 2 aromatic rings. The first-order valence-electron chi connectivity index (χ1n) is 6.40. The molecule has 0 saturated heterocycles. The minimum Gasteiger partial charge on any atom is -0.489 e. The molecule has 19 heavy (non-hydrogen) atoms. The molecule has 0 aliphatic rings. The number of hydrogen-bond donors (Lipinski definition) is 2. The Hall–Kier alpha value is -1.84. The van der Waals surface area contributed by atoms with Gasteiger partial charge in [0, 0.05) is 6.04 Å². The van der Waals surface area contributed by atoms with Gasteiger partial charge in [-0.3, -0.25) is 0 Å². The Balaban J connectivity index is 1.88. The van der Waals surface area contributed by atoms with Crippen LogP contribution in [0.5, 0.6) is 5.75 Å². The van der Waals surface area contributed by atoms with E-state index in [0.717, 1.165) is 16.9 Å². The van der Waals surface area contributed by atoms with Gasteiger partial charge in [0.1, 0.15) is 12.4 Å². The van der Waals surface area contributed by atoms with E-state index in [4.69, 9.17) is 15.6 Å². The predicted octanol–water partition coefficient (Wildman–Crippen LogP) is 2.13. The average Bonchev–Trinajstić information content (AvgIpc) is 2.47. The maximum Gasteiger partial charge on any atom is 0.119 e. The maximum atomic E-state index is 8.91. The van der Waals surface area contributed by atoms with Gasteiger partial charge in [0.25, 0.3) is 0 Å². The molecule has 2 rings (SSSR count). The fraction of sp³-hybridized carbons (Fsp3) is 0.250. The molecule has 0 heterocycles. The molecule has 0 unspecified atom stereocenters. The fourth-order valence-electron chi connectivity index (χ4n) is 1.83. The van der Waals surface area contributed by atoms with E-state index in [0.29, 0.717) is 13.0 Å². The Morgan fingerprint density at radius 3 is 2.26 bits per heavy atom. The number of rotatable bonds is 6. The lowest BCUT2D eigenvalue weighted by atomic mass is 10.1. The van der Waals surface area contributed by atoms with Crippen molar-refractivity contribution < 1.29 is 9.84 Å². The third-order valence-corrected chi connectivity index (χ3v) is 2.90. The Labute approximate surface area is 113 Å². The van der Waals surface area contributed by atoms with Crippen molar-refractivity contribution in [1.82, 2.24) is 0 Å². The number of aliphatic hydroxyl groups excluding tert-OH is 1. The van der Waals surface area contributed by atoms with Gasteiger partial charge in [-0.05, 0) is 29.7 Å². The van der Waals surface area contributed by atoms with E-state index in [1.807, 2.05) is 54.6 Å². The van der Waals surface area contributed by atoms with Crippen molar-refractivity contribution in [2.75, 3.05) is 6.61 Å². The zero-order valence-corrected chi connectivity index (χ0v) is 10.8. The molecule has 0 amide bonds. The summed E-state index contributed by atoms with van der Waals surface area (Å²) in [5.74, 6) is 0.838. The zero-order chi connectivity index (χ0) is 13.5. The molecule has 2 aromatic carbocycles. The summed E-state index contributed by atoms with van der Waals surface area (Å²) in [7, 11) is 0. The Bertz CT molecular complexity index is 482. The van der Waals surface area contributed by atoms with Crippen LogP contribution in [0.1, 0.15) is 11.1 Å². The molecule has 3 nitrogen and oxygen atoms in total. The molecule has 3 heteroatoms. The van der Waals surface area contributed by atoms with Crippen molar-refractivity contribution in [2.24, 2.45) is 5.73 Å². The summed E-state index contributed by atoms with van der Waals surface area (Å²) >= 11 is 0. The normalized spacial score (nSPS) is 12.1. The SMILES string of the molecule is N[C@@H](CO)Cc1ccc(OCc2ccccc2)cc1. The number of ether oxygens (including phenoxy) is 1. The van der Waals surface area contributed by atoms with Gasteiger partial charge in [0.2, 0.25) is 0 Å². The van der Waals surface area contributed by atoms with Crippen LogP contribution in [0.15, 0.2) is 54.6 Å². The van der Waals surface area contributed by atoms with Crippen molar-refractivity contribution in [3.8, 4) is 5.75 Å². The first-order chi connectivity index (χ1) is 9.28. The highest BCUT2D eigenvalue weighted by atomic mass is 16.5. The summed E-state index contributed by atoms with van der Waals surface area (Å²) in [6, 6.07) is 17.7. The zero-order valence-electron chi connectivity index (χ0n) is 10.8. The Kier molecular flexibility index (Phi) is 4.95. The molecule has 0 aliphatic carbocycles. The number of nitrogens with two attached hydrogens (primary N) is 1. The average molecular weight is 257 g/mol. The maximum absolute atomic E-state index is 8.91. The molecule has 0 aliphatic heterocycles. The summed E-state index contributed by atoms with van der Waals surface area (Å²) in [5, 5.41) is 8.91. The third kappa shape index (κ3) is 4.39. The molecule has 1 atom stereocenters. The third-order valence-electron chi connectivity index (χ3n) is 2.90. The second kappa shape index (κ2) is 6.92. The van der Waals surface area contributed by atoms with Gasteiger partial charge in [-0.25, -0.2) is 0 Å². The van der Waals surface area contributed by atoms with Crippen molar-refractivity contribution >= 4 is 0 Å². The van der Waals surface area contributed by atoms with Crippen LogP contribution in [0.25, 0.3) is 0 Å². The monoisotopic (exact) mass is 257 g/mol. The van der Waals surface area contributed by atoms with E-state index < -0.39 is 0 Å². The lowest BCUT2D eigenvalue weighted by Gasteiger charge is -2.10. The molecule has 0 bridgehead atoms. The van der Waals surface area contributed by atoms with E-state index >= 15 is 0 Å². The highest BCUT2D eigenvalue weighted by molar-refractivity contribution is 5.28. The van der Waals surface area contributed by atoms with Gasteiger partial charge in [-0.15, -0.1) is 0 Å². The summed E-state index contributed by atoms with van der Waals surface area (Å²) in [5.41, 5.74) is 7.95. The molecule has 0 radical (unpaired) electrons. The summed E-state index contributed by atoms with van der Waals surface area (Å²) in [6.07, 6.45) is 0.676. The van der Waals surface area contributed by atoms with E-state index in [-0.39, 0.29) is 12.6 Å². The van der Waals surface area contributed by atoms with Gasteiger partial charge >= 0.3 is 0 Å². The minimum absolute atomic E-state index is 0.00621. The van der Waals surface area contributed by atoms with Gasteiger partial charge in [0.15, 0.2) is 0 Å². The molecule has 0 saturated carbocycles. The molecule has 0 aromatic heterocycles. The van der Waals surface area contributed by atoms with Gasteiger partial charge in [-0.2, -0.15) is 0 Å². The second-order valence-corrected chi connectivity index (χ2v) is 4.57. The quantitative estimate of drug-likeness (QED) is 0.833. The summed E-state index contributed by atoms with van der Waals surface area (Å²) in [4.78, 5) is 0. The highest BCUT2D eigenvalue weighted by Gasteiger charge is 2.02. The Morgan fingerprint density at radius 1 is 0.947 bits per heavy atom. The lowest BCUT2D eigenvalue weighted by molar-refractivity contribution is 0.265. The van der Waals surface area contributed by atoms with Crippen LogP contribution in [-0.2, 0) is 13.0 Å². The van der Waals surface area contributed by atoms with E-state index in [1.165, 1.54) is 0 Å². The van der Waals surface area contributed by atoms with Crippen LogP contribution in [0.4, 0.5) is 0 Å². The lowest BCUT2D eigenvalue weighted by Crippen LogP contribution is -2.26. The minimum atomic E-state index is -0.198. The van der Waals surface area contributed by atoms with Gasteiger partial charge in [0.05, 0.1) is 6.61 Å². The second-order valence-electron chi connectivity index (χ2n) is 4.57. The van der Waals surface area contributed by atoms with Crippen molar-refractivity contribution in [3.63, 3.8) is 0 Å². The smallest absolute Gasteiger partial charge is 0.119 e. The Morgan fingerprint density at radius 2 is 1.63 bits per heavy atom. The number of hydrogen-bond acceptors (Lipinski definition) is 3. The molecule has 100 valence electrons.